The maximum Gasteiger partial charge on any atom is 0.224 e. The number of hydrogen-bond acceptors (Lipinski definition) is 3. The van der Waals surface area contributed by atoms with E-state index in [0.717, 1.165) is 22.4 Å². The molecule has 0 fully saturated rings. The molecule has 2 aromatic carbocycles. The van der Waals surface area contributed by atoms with E-state index in [0.29, 0.717) is 30.6 Å². The summed E-state index contributed by atoms with van der Waals surface area (Å²) < 4.78 is 5.86. The fraction of sp³-hybridized carbons (Fsp3) is 0.364. The zero-order valence-electron chi connectivity index (χ0n) is 15.9. The van der Waals surface area contributed by atoms with Crippen LogP contribution in [0.4, 0.5) is 5.69 Å². The first-order valence-electron chi connectivity index (χ1n) is 9.19. The summed E-state index contributed by atoms with van der Waals surface area (Å²) in [6.07, 6.45) is 1.16. The van der Waals surface area contributed by atoms with Gasteiger partial charge in [0, 0.05) is 18.5 Å². The van der Waals surface area contributed by atoms with Crippen LogP contribution >= 0.6 is 0 Å². The predicted octanol–water partition coefficient (Wildman–Crippen LogP) is 5.53. The standard InChI is InChI=1S/C22H26N2O2/c1-14(2)11-21(25)23-18-8-5-16(6-9-18)12-22-24-19-13-17(15(3)4)7-10-20(19)26-22/h5-10,13-15H,11-12H2,1-4H3,(H,23,25). The van der Waals surface area contributed by atoms with E-state index in [1.54, 1.807) is 0 Å². The normalized spacial score (nSPS) is 11.5. The number of carbonyl (C=O) groups excluding carboxylic acids is 1. The first-order valence-corrected chi connectivity index (χ1v) is 9.19. The van der Waals surface area contributed by atoms with Crippen molar-refractivity contribution in [2.75, 3.05) is 5.32 Å². The molecule has 0 saturated carbocycles. The molecular formula is C22H26N2O2. The average Bonchev–Trinajstić information content (AvgIpc) is 2.97. The van der Waals surface area contributed by atoms with Gasteiger partial charge in [-0.15, -0.1) is 0 Å². The van der Waals surface area contributed by atoms with E-state index in [2.05, 4.69) is 36.3 Å². The van der Waals surface area contributed by atoms with Crippen molar-refractivity contribution in [1.82, 2.24) is 4.98 Å². The van der Waals surface area contributed by atoms with Gasteiger partial charge >= 0.3 is 0 Å². The number of aromatic nitrogens is 1. The fourth-order valence-electron chi connectivity index (χ4n) is 2.89. The maximum absolute atomic E-state index is 11.8. The minimum absolute atomic E-state index is 0.0488. The Labute approximate surface area is 154 Å². The molecule has 0 aliphatic carbocycles. The summed E-state index contributed by atoms with van der Waals surface area (Å²) in [5.74, 6) is 1.58. The summed E-state index contributed by atoms with van der Waals surface area (Å²) in [5, 5.41) is 2.92. The third-order valence-corrected chi connectivity index (χ3v) is 4.31. The van der Waals surface area contributed by atoms with Crippen molar-refractivity contribution in [3.8, 4) is 0 Å². The highest BCUT2D eigenvalue weighted by Crippen LogP contribution is 2.23. The Kier molecular flexibility index (Phi) is 5.40. The lowest BCUT2D eigenvalue weighted by atomic mass is 10.0. The van der Waals surface area contributed by atoms with Crippen molar-refractivity contribution in [1.29, 1.82) is 0 Å². The Morgan fingerprint density at radius 2 is 1.81 bits per heavy atom. The highest BCUT2D eigenvalue weighted by atomic mass is 16.3. The smallest absolute Gasteiger partial charge is 0.224 e. The van der Waals surface area contributed by atoms with Crippen LogP contribution in [0.2, 0.25) is 0 Å². The highest BCUT2D eigenvalue weighted by molar-refractivity contribution is 5.90. The quantitative estimate of drug-likeness (QED) is 0.636. The van der Waals surface area contributed by atoms with Crippen molar-refractivity contribution in [2.24, 2.45) is 5.92 Å². The van der Waals surface area contributed by atoms with Crippen LogP contribution in [0.1, 0.15) is 57.1 Å². The summed E-state index contributed by atoms with van der Waals surface area (Å²) in [5.41, 5.74) is 4.91. The Morgan fingerprint density at radius 3 is 2.46 bits per heavy atom. The molecule has 0 aliphatic heterocycles. The van der Waals surface area contributed by atoms with Gasteiger partial charge in [0.1, 0.15) is 5.52 Å². The van der Waals surface area contributed by atoms with Crippen molar-refractivity contribution < 1.29 is 9.21 Å². The Morgan fingerprint density at radius 1 is 1.08 bits per heavy atom. The van der Waals surface area contributed by atoms with E-state index in [9.17, 15) is 4.79 Å². The zero-order valence-corrected chi connectivity index (χ0v) is 15.9. The maximum atomic E-state index is 11.8. The molecule has 136 valence electrons. The lowest BCUT2D eigenvalue weighted by Crippen LogP contribution is -2.13. The number of rotatable bonds is 6. The van der Waals surface area contributed by atoms with Gasteiger partial charge in [-0.2, -0.15) is 0 Å². The lowest BCUT2D eigenvalue weighted by Gasteiger charge is -2.07. The second-order valence-corrected chi connectivity index (χ2v) is 7.51. The van der Waals surface area contributed by atoms with Crippen LogP contribution < -0.4 is 5.32 Å². The third-order valence-electron chi connectivity index (χ3n) is 4.31. The van der Waals surface area contributed by atoms with Crippen molar-refractivity contribution in [2.45, 2.75) is 46.5 Å². The third kappa shape index (κ3) is 4.51. The molecule has 0 saturated heterocycles. The Balaban J connectivity index is 1.69. The van der Waals surface area contributed by atoms with E-state index in [-0.39, 0.29) is 5.91 Å². The summed E-state index contributed by atoms with van der Waals surface area (Å²) in [6.45, 7) is 8.41. The molecule has 26 heavy (non-hydrogen) atoms. The molecule has 1 amide bonds. The first kappa shape index (κ1) is 18.2. The van der Waals surface area contributed by atoms with Crippen LogP contribution in [-0.4, -0.2) is 10.9 Å². The van der Waals surface area contributed by atoms with Gasteiger partial charge < -0.3 is 9.73 Å². The van der Waals surface area contributed by atoms with Gasteiger partial charge in [0.2, 0.25) is 5.91 Å². The number of benzene rings is 2. The fourth-order valence-corrected chi connectivity index (χ4v) is 2.89. The van der Waals surface area contributed by atoms with Gasteiger partial charge in [-0.05, 0) is 47.2 Å². The van der Waals surface area contributed by atoms with Gasteiger partial charge in [0.05, 0.1) is 0 Å². The average molecular weight is 350 g/mol. The first-order chi connectivity index (χ1) is 12.4. The van der Waals surface area contributed by atoms with Crippen LogP contribution in [0.25, 0.3) is 11.1 Å². The predicted molar refractivity (Wildman–Crippen MR) is 105 cm³/mol. The number of amides is 1. The van der Waals surface area contributed by atoms with Gasteiger partial charge in [0.25, 0.3) is 0 Å². The molecule has 0 atom stereocenters. The highest BCUT2D eigenvalue weighted by Gasteiger charge is 2.10. The molecule has 4 nitrogen and oxygen atoms in total. The monoisotopic (exact) mass is 350 g/mol. The van der Waals surface area contributed by atoms with Crippen molar-refractivity contribution in [3.63, 3.8) is 0 Å². The zero-order chi connectivity index (χ0) is 18.7. The SMILES string of the molecule is CC(C)CC(=O)Nc1ccc(Cc2nc3cc(C(C)C)ccc3o2)cc1. The van der Waals surface area contributed by atoms with Gasteiger partial charge in [-0.25, -0.2) is 4.98 Å². The van der Waals surface area contributed by atoms with E-state index >= 15 is 0 Å². The van der Waals surface area contributed by atoms with Crippen LogP contribution in [0.15, 0.2) is 46.9 Å². The molecule has 3 aromatic rings. The van der Waals surface area contributed by atoms with Crippen molar-refractivity contribution in [3.05, 3.63) is 59.5 Å². The second kappa shape index (κ2) is 7.73. The summed E-state index contributed by atoms with van der Waals surface area (Å²) in [6, 6.07) is 14.0. The Bertz CT molecular complexity index is 892. The number of hydrogen-bond donors (Lipinski definition) is 1. The van der Waals surface area contributed by atoms with Gasteiger partial charge in [-0.1, -0.05) is 45.9 Å². The second-order valence-electron chi connectivity index (χ2n) is 7.51. The molecular weight excluding hydrogens is 324 g/mol. The molecule has 1 N–H and O–H groups in total. The molecule has 0 aliphatic rings. The van der Waals surface area contributed by atoms with Gasteiger partial charge in [0.15, 0.2) is 11.5 Å². The van der Waals surface area contributed by atoms with Crippen LogP contribution in [0, 0.1) is 5.92 Å². The summed E-state index contributed by atoms with van der Waals surface area (Å²) in [7, 11) is 0. The molecule has 0 spiro atoms. The summed E-state index contributed by atoms with van der Waals surface area (Å²) in [4.78, 5) is 16.5. The number of oxazole rings is 1. The molecule has 1 aromatic heterocycles. The Hall–Kier alpha value is -2.62. The van der Waals surface area contributed by atoms with Crippen LogP contribution in [-0.2, 0) is 11.2 Å². The molecule has 0 radical (unpaired) electrons. The molecule has 0 unspecified atom stereocenters. The van der Waals surface area contributed by atoms with E-state index < -0.39 is 0 Å². The molecule has 3 rings (SSSR count). The number of fused-ring (bicyclic) bond motifs is 1. The number of carbonyl (C=O) groups is 1. The molecule has 4 heteroatoms. The number of nitrogens with one attached hydrogen (secondary N) is 1. The number of nitrogens with zero attached hydrogens (tertiary/aromatic N) is 1. The minimum atomic E-state index is 0.0488. The molecule has 1 heterocycles. The summed E-state index contributed by atoms with van der Waals surface area (Å²) >= 11 is 0. The van der Waals surface area contributed by atoms with Gasteiger partial charge in [-0.3, -0.25) is 4.79 Å². The largest absolute Gasteiger partial charge is 0.440 e. The topological polar surface area (TPSA) is 55.1 Å². The van der Waals surface area contributed by atoms with Crippen molar-refractivity contribution >= 4 is 22.7 Å². The van der Waals surface area contributed by atoms with E-state index in [1.807, 2.05) is 44.2 Å². The van der Waals surface area contributed by atoms with Crippen LogP contribution in [0.3, 0.4) is 0 Å². The number of anilines is 1. The lowest BCUT2D eigenvalue weighted by molar-refractivity contribution is -0.116. The van der Waals surface area contributed by atoms with Crippen LogP contribution in [0.5, 0.6) is 0 Å². The van der Waals surface area contributed by atoms with E-state index in [4.69, 9.17) is 4.42 Å². The minimum Gasteiger partial charge on any atom is -0.440 e. The van der Waals surface area contributed by atoms with E-state index in [1.165, 1.54) is 5.56 Å². The molecule has 0 bridgehead atoms.